The van der Waals surface area contributed by atoms with Crippen LogP contribution in [-0.4, -0.2) is 11.4 Å². The minimum absolute atomic E-state index is 0.0208. The Bertz CT molecular complexity index is 527. The van der Waals surface area contributed by atoms with E-state index in [9.17, 15) is 18.0 Å². The largest absolute Gasteiger partial charge is 0.418 e. The molecule has 1 saturated carbocycles. The molecule has 1 fully saturated rings. The van der Waals surface area contributed by atoms with Crippen LogP contribution < -0.4 is 11.1 Å². The van der Waals surface area contributed by atoms with E-state index < -0.39 is 23.2 Å². The van der Waals surface area contributed by atoms with Crippen molar-refractivity contribution in [3.8, 4) is 0 Å². The van der Waals surface area contributed by atoms with E-state index in [2.05, 4.69) is 5.32 Å². The van der Waals surface area contributed by atoms with Crippen molar-refractivity contribution in [2.45, 2.75) is 37.4 Å². The van der Waals surface area contributed by atoms with Gasteiger partial charge in [-0.1, -0.05) is 11.6 Å². The summed E-state index contributed by atoms with van der Waals surface area (Å²) < 4.78 is 38.6. The number of anilines is 1. The molecule has 0 heterocycles. The predicted molar refractivity (Wildman–Crippen MR) is 70.5 cm³/mol. The third-order valence-electron chi connectivity index (χ3n) is 3.42. The molecule has 0 saturated heterocycles. The number of halogens is 4. The normalized spacial score (nSPS) is 17.4. The zero-order chi connectivity index (χ0) is 15.0. The molecule has 3 N–H and O–H groups in total. The Morgan fingerprint density at radius 3 is 2.55 bits per heavy atom. The van der Waals surface area contributed by atoms with Crippen LogP contribution in [0.1, 0.15) is 31.2 Å². The summed E-state index contributed by atoms with van der Waals surface area (Å²) in [6, 6.07) is 3.24. The van der Waals surface area contributed by atoms with Crippen LogP contribution in [0.25, 0.3) is 0 Å². The third kappa shape index (κ3) is 3.43. The molecule has 110 valence electrons. The van der Waals surface area contributed by atoms with Crippen LogP contribution in [0.5, 0.6) is 0 Å². The molecule has 1 aromatic rings. The van der Waals surface area contributed by atoms with Gasteiger partial charge in [-0.05, 0) is 37.5 Å². The van der Waals surface area contributed by atoms with Gasteiger partial charge in [0.2, 0.25) is 5.91 Å². The molecule has 0 unspecified atom stereocenters. The monoisotopic (exact) mass is 306 g/mol. The van der Waals surface area contributed by atoms with Crippen molar-refractivity contribution in [2.75, 3.05) is 5.32 Å². The smallest absolute Gasteiger partial charge is 0.325 e. The Morgan fingerprint density at radius 2 is 2.05 bits per heavy atom. The van der Waals surface area contributed by atoms with E-state index in [0.717, 1.165) is 18.6 Å². The average molecular weight is 307 g/mol. The highest BCUT2D eigenvalue weighted by atomic mass is 35.5. The molecular weight excluding hydrogens is 293 g/mol. The average Bonchev–Trinajstić information content (AvgIpc) is 2.28. The second-order valence-corrected chi connectivity index (χ2v) is 5.56. The number of amides is 1. The molecular formula is C13H14ClF3N2O. The number of carbonyl (C=O) groups is 1. The Morgan fingerprint density at radius 1 is 1.40 bits per heavy atom. The van der Waals surface area contributed by atoms with E-state index in [-0.39, 0.29) is 17.1 Å². The maximum Gasteiger partial charge on any atom is 0.418 e. The Kier molecular flexibility index (Phi) is 3.97. The minimum atomic E-state index is -4.58. The van der Waals surface area contributed by atoms with Gasteiger partial charge in [0.15, 0.2) is 0 Å². The molecule has 1 aliphatic carbocycles. The predicted octanol–water partition coefficient (Wildman–Crippen LogP) is 3.57. The Balaban J connectivity index is 2.14. The first-order chi connectivity index (χ1) is 9.20. The number of benzene rings is 1. The highest BCUT2D eigenvalue weighted by Gasteiger charge is 2.37. The van der Waals surface area contributed by atoms with E-state index in [1.807, 2.05) is 0 Å². The molecule has 2 rings (SSSR count). The molecule has 20 heavy (non-hydrogen) atoms. The summed E-state index contributed by atoms with van der Waals surface area (Å²) in [5, 5.41) is 2.23. The number of carbonyl (C=O) groups excluding carboxylic acids is 1. The highest BCUT2D eigenvalue weighted by molar-refractivity contribution is 6.30. The zero-order valence-corrected chi connectivity index (χ0v) is 11.3. The number of nitrogens with two attached hydrogens (primary N) is 1. The van der Waals surface area contributed by atoms with Gasteiger partial charge in [0.25, 0.3) is 0 Å². The number of hydrogen-bond donors (Lipinski definition) is 2. The van der Waals surface area contributed by atoms with E-state index in [0.29, 0.717) is 12.8 Å². The van der Waals surface area contributed by atoms with Gasteiger partial charge in [-0.15, -0.1) is 0 Å². The van der Waals surface area contributed by atoms with Crippen molar-refractivity contribution in [1.29, 1.82) is 0 Å². The van der Waals surface area contributed by atoms with E-state index >= 15 is 0 Å². The fourth-order valence-corrected chi connectivity index (χ4v) is 2.35. The van der Waals surface area contributed by atoms with Crippen molar-refractivity contribution in [3.05, 3.63) is 28.8 Å². The molecule has 0 aromatic heterocycles. The molecule has 1 aliphatic rings. The maximum absolute atomic E-state index is 12.9. The molecule has 3 nitrogen and oxygen atoms in total. The summed E-state index contributed by atoms with van der Waals surface area (Å²) in [6.07, 6.45) is -2.18. The van der Waals surface area contributed by atoms with Crippen molar-refractivity contribution >= 4 is 23.2 Å². The Labute approximate surface area is 119 Å². The van der Waals surface area contributed by atoms with Crippen LogP contribution in [0.3, 0.4) is 0 Å². The van der Waals surface area contributed by atoms with E-state index in [1.54, 1.807) is 0 Å². The lowest BCUT2D eigenvalue weighted by molar-refractivity contribution is -0.137. The number of alkyl halides is 3. The lowest BCUT2D eigenvalue weighted by atomic mass is 9.75. The maximum atomic E-state index is 12.9. The van der Waals surface area contributed by atoms with Crippen molar-refractivity contribution in [1.82, 2.24) is 0 Å². The van der Waals surface area contributed by atoms with Crippen LogP contribution in [0.4, 0.5) is 18.9 Å². The first-order valence-corrected chi connectivity index (χ1v) is 6.53. The lowest BCUT2D eigenvalue weighted by Gasteiger charge is -2.37. The topological polar surface area (TPSA) is 55.1 Å². The van der Waals surface area contributed by atoms with Crippen LogP contribution in [0, 0.1) is 0 Å². The van der Waals surface area contributed by atoms with Crippen LogP contribution >= 0.6 is 11.6 Å². The molecule has 0 aliphatic heterocycles. The van der Waals surface area contributed by atoms with Crippen molar-refractivity contribution < 1.29 is 18.0 Å². The fourth-order valence-electron chi connectivity index (χ4n) is 2.18. The van der Waals surface area contributed by atoms with E-state index in [4.69, 9.17) is 17.3 Å². The summed E-state index contributed by atoms with van der Waals surface area (Å²) in [5.41, 5.74) is 4.07. The van der Waals surface area contributed by atoms with Gasteiger partial charge in [0.05, 0.1) is 11.3 Å². The molecule has 0 bridgehead atoms. The quantitative estimate of drug-likeness (QED) is 0.897. The van der Waals surface area contributed by atoms with Crippen LogP contribution in [0.2, 0.25) is 5.02 Å². The first-order valence-electron chi connectivity index (χ1n) is 6.15. The summed E-state index contributed by atoms with van der Waals surface area (Å²) in [7, 11) is 0. The van der Waals surface area contributed by atoms with Gasteiger partial charge in [0.1, 0.15) is 0 Å². The summed E-state index contributed by atoms with van der Waals surface area (Å²) in [4.78, 5) is 11.8. The Hall–Kier alpha value is -1.27. The molecule has 1 amide bonds. The van der Waals surface area contributed by atoms with Crippen LogP contribution in [-0.2, 0) is 11.0 Å². The summed E-state index contributed by atoms with van der Waals surface area (Å²) in [5.74, 6) is -0.514. The molecule has 0 atom stereocenters. The number of hydrogen-bond acceptors (Lipinski definition) is 2. The minimum Gasteiger partial charge on any atom is -0.325 e. The molecule has 7 heteroatoms. The number of nitrogens with one attached hydrogen (secondary N) is 1. The zero-order valence-electron chi connectivity index (χ0n) is 10.6. The van der Waals surface area contributed by atoms with Gasteiger partial charge < -0.3 is 11.1 Å². The third-order valence-corrected chi connectivity index (χ3v) is 3.66. The van der Waals surface area contributed by atoms with E-state index in [1.165, 1.54) is 6.07 Å². The SMILES string of the molecule is NC1(CC(=O)Nc2ccc(Cl)cc2C(F)(F)F)CCC1. The second-order valence-electron chi connectivity index (χ2n) is 5.13. The fraction of sp³-hybridized carbons (Fsp3) is 0.462. The van der Waals surface area contributed by atoms with Crippen molar-refractivity contribution in [3.63, 3.8) is 0 Å². The lowest BCUT2D eigenvalue weighted by Crippen LogP contribution is -2.49. The highest BCUT2D eigenvalue weighted by Crippen LogP contribution is 2.37. The summed E-state index contributed by atoms with van der Waals surface area (Å²) in [6.45, 7) is 0. The first kappa shape index (κ1) is 15.1. The number of rotatable bonds is 3. The van der Waals surface area contributed by atoms with Gasteiger partial charge in [-0.3, -0.25) is 4.79 Å². The van der Waals surface area contributed by atoms with Gasteiger partial charge >= 0.3 is 6.18 Å². The van der Waals surface area contributed by atoms with Gasteiger partial charge in [-0.25, -0.2) is 0 Å². The summed E-state index contributed by atoms with van der Waals surface area (Å²) >= 11 is 5.56. The van der Waals surface area contributed by atoms with Gasteiger partial charge in [0, 0.05) is 17.0 Å². The molecule has 1 aromatic carbocycles. The standard InChI is InChI=1S/C13H14ClF3N2O/c14-8-2-3-10(9(6-8)13(15,16)17)19-11(20)7-12(18)4-1-5-12/h2-3,6H,1,4-5,7,18H2,(H,19,20). The molecule has 0 radical (unpaired) electrons. The van der Waals surface area contributed by atoms with Gasteiger partial charge in [-0.2, -0.15) is 13.2 Å². The second kappa shape index (κ2) is 5.26. The van der Waals surface area contributed by atoms with Crippen LogP contribution in [0.15, 0.2) is 18.2 Å². The molecule has 0 spiro atoms. The van der Waals surface area contributed by atoms with Crippen molar-refractivity contribution in [2.24, 2.45) is 5.73 Å².